The molecule has 16 heavy (non-hydrogen) atoms. The standard InChI is InChI=1S/C12H19NO2S/c1-9(2)13-5-10-3-4-11(15-10)8-16-12-6-14-7-12/h3-4,9,12-13H,5-8H2,1-2H3. The summed E-state index contributed by atoms with van der Waals surface area (Å²) >= 11 is 1.91. The van der Waals surface area contributed by atoms with Crippen molar-refractivity contribution >= 4 is 11.8 Å². The van der Waals surface area contributed by atoms with Gasteiger partial charge in [0.15, 0.2) is 0 Å². The molecule has 3 nitrogen and oxygen atoms in total. The second-order valence-electron chi connectivity index (χ2n) is 4.37. The molecule has 1 aromatic rings. The third kappa shape index (κ3) is 3.54. The summed E-state index contributed by atoms with van der Waals surface area (Å²) in [6.45, 7) is 6.88. The lowest BCUT2D eigenvalue weighted by molar-refractivity contribution is 0.0454. The lowest BCUT2D eigenvalue weighted by Crippen LogP contribution is -2.30. The molecule has 1 N–H and O–H groups in total. The molecule has 1 aliphatic heterocycles. The number of nitrogens with one attached hydrogen (secondary N) is 1. The van der Waals surface area contributed by atoms with E-state index in [1.165, 1.54) is 0 Å². The molecule has 0 saturated carbocycles. The first kappa shape index (κ1) is 12.0. The van der Waals surface area contributed by atoms with Gasteiger partial charge in [-0.05, 0) is 12.1 Å². The van der Waals surface area contributed by atoms with Gasteiger partial charge in [-0.25, -0.2) is 0 Å². The summed E-state index contributed by atoms with van der Waals surface area (Å²) in [5.74, 6) is 3.04. The maximum absolute atomic E-state index is 5.73. The molecule has 0 amide bonds. The molecule has 0 aliphatic carbocycles. The molecule has 1 aliphatic rings. The molecule has 0 radical (unpaired) electrons. The van der Waals surface area contributed by atoms with Crippen molar-refractivity contribution in [2.45, 2.75) is 37.4 Å². The zero-order valence-corrected chi connectivity index (χ0v) is 10.7. The number of rotatable bonds is 6. The van der Waals surface area contributed by atoms with E-state index in [4.69, 9.17) is 9.15 Å². The summed E-state index contributed by atoms with van der Waals surface area (Å²) < 4.78 is 10.9. The first-order chi connectivity index (χ1) is 7.74. The lowest BCUT2D eigenvalue weighted by Gasteiger charge is -2.24. The minimum absolute atomic E-state index is 0.495. The summed E-state index contributed by atoms with van der Waals surface area (Å²) in [6.07, 6.45) is 0. The zero-order valence-electron chi connectivity index (χ0n) is 9.86. The van der Waals surface area contributed by atoms with E-state index in [0.717, 1.165) is 37.0 Å². The van der Waals surface area contributed by atoms with Gasteiger partial charge in [-0.2, -0.15) is 0 Å². The van der Waals surface area contributed by atoms with Crippen molar-refractivity contribution in [3.05, 3.63) is 23.7 Å². The molecular weight excluding hydrogens is 222 g/mol. The Bertz CT molecular complexity index is 321. The highest BCUT2D eigenvalue weighted by atomic mass is 32.2. The van der Waals surface area contributed by atoms with Gasteiger partial charge in [-0.1, -0.05) is 13.8 Å². The summed E-state index contributed by atoms with van der Waals surface area (Å²) in [7, 11) is 0. The average Bonchev–Trinajstić information content (AvgIpc) is 2.60. The summed E-state index contributed by atoms with van der Waals surface area (Å²) in [6, 6.07) is 4.63. The van der Waals surface area contributed by atoms with Crippen LogP contribution in [0.5, 0.6) is 0 Å². The maximum Gasteiger partial charge on any atom is 0.118 e. The van der Waals surface area contributed by atoms with Crippen molar-refractivity contribution in [2.24, 2.45) is 0 Å². The molecule has 1 aromatic heterocycles. The minimum atomic E-state index is 0.495. The third-order valence-corrected chi connectivity index (χ3v) is 3.67. The lowest BCUT2D eigenvalue weighted by atomic mass is 10.3. The molecule has 0 atom stereocenters. The Balaban J connectivity index is 1.73. The highest BCUT2D eigenvalue weighted by molar-refractivity contribution is 7.99. The number of thioether (sulfide) groups is 1. The van der Waals surface area contributed by atoms with Crippen LogP contribution in [-0.4, -0.2) is 24.5 Å². The fraction of sp³-hybridized carbons (Fsp3) is 0.667. The predicted octanol–water partition coefficient (Wildman–Crippen LogP) is 2.41. The van der Waals surface area contributed by atoms with Gasteiger partial charge in [0, 0.05) is 6.04 Å². The Kier molecular flexibility index (Phi) is 4.32. The van der Waals surface area contributed by atoms with E-state index in [1.54, 1.807) is 0 Å². The van der Waals surface area contributed by atoms with Crippen LogP contribution in [0.4, 0.5) is 0 Å². The Morgan fingerprint density at radius 1 is 1.38 bits per heavy atom. The Morgan fingerprint density at radius 2 is 2.12 bits per heavy atom. The molecule has 4 heteroatoms. The van der Waals surface area contributed by atoms with E-state index < -0.39 is 0 Å². The van der Waals surface area contributed by atoms with Crippen molar-refractivity contribution in [2.75, 3.05) is 13.2 Å². The van der Waals surface area contributed by atoms with E-state index in [9.17, 15) is 0 Å². The van der Waals surface area contributed by atoms with Gasteiger partial charge in [-0.15, -0.1) is 11.8 Å². The largest absolute Gasteiger partial charge is 0.464 e. The van der Waals surface area contributed by atoms with Crippen LogP contribution in [0.25, 0.3) is 0 Å². The summed E-state index contributed by atoms with van der Waals surface area (Å²) in [5.41, 5.74) is 0. The van der Waals surface area contributed by atoms with Crippen LogP contribution in [0.15, 0.2) is 16.5 Å². The SMILES string of the molecule is CC(C)NCc1ccc(CSC2COC2)o1. The van der Waals surface area contributed by atoms with E-state index in [0.29, 0.717) is 11.3 Å². The van der Waals surface area contributed by atoms with E-state index in [-0.39, 0.29) is 0 Å². The summed E-state index contributed by atoms with van der Waals surface area (Å²) in [4.78, 5) is 0. The third-order valence-electron chi connectivity index (χ3n) is 2.47. The predicted molar refractivity (Wildman–Crippen MR) is 66.6 cm³/mol. The first-order valence-corrected chi connectivity index (χ1v) is 6.79. The molecule has 0 spiro atoms. The average molecular weight is 241 g/mol. The van der Waals surface area contributed by atoms with Gasteiger partial charge >= 0.3 is 0 Å². The first-order valence-electron chi connectivity index (χ1n) is 5.74. The van der Waals surface area contributed by atoms with Crippen molar-refractivity contribution in [1.82, 2.24) is 5.32 Å². The number of ether oxygens (including phenoxy) is 1. The Hall–Kier alpha value is -0.450. The van der Waals surface area contributed by atoms with Crippen LogP contribution in [0.3, 0.4) is 0 Å². The normalized spacial score (nSPS) is 16.7. The molecule has 0 bridgehead atoms. The fourth-order valence-electron chi connectivity index (χ4n) is 1.41. The number of furan rings is 1. The van der Waals surface area contributed by atoms with Crippen LogP contribution >= 0.6 is 11.8 Å². The van der Waals surface area contributed by atoms with Crippen molar-refractivity contribution in [3.63, 3.8) is 0 Å². The van der Waals surface area contributed by atoms with Gasteiger partial charge in [0.2, 0.25) is 0 Å². The highest BCUT2D eigenvalue weighted by Crippen LogP contribution is 2.24. The van der Waals surface area contributed by atoms with Crippen LogP contribution in [0.1, 0.15) is 25.4 Å². The van der Waals surface area contributed by atoms with Crippen LogP contribution in [0.2, 0.25) is 0 Å². The molecule has 0 aromatic carbocycles. The molecule has 0 unspecified atom stereocenters. The Morgan fingerprint density at radius 3 is 2.75 bits per heavy atom. The molecule has 90 valence electrons. The maximum atomic E-state index is 5.73. The molecule has 1 saturated heterocycles. The molecule has 1 fully saturated rings. The van der Waals surface area contributed by atoms with Gasteiger partial charge < -0.3 is 14.5 Å². The van der Waals surface area contributed by atoms with Gasteiger partial charge in [0.1, 0.15) is 11.5 Å². The Labute approximate surface area is 101 Å². The van der Waals surface area contributed by atoms with Gasteiger partial charge in [0.05, 0.1) is 30.8 Å². The molecule has 2 rings (SSSR count). The van der Waals surface area contributed by atoms with Crippen molar-refractivity contribution in [3.8, 4) is 0 Å². The van der Waals surface area contributed by atoms with Crippen LogP contribution in [0, 0.1) is 0 Å². The summed E-state index contributed by atoms with van der Waals surface area (Å²) in [5, 5.41) is 4.01. The molecular formula is C12H19NO2S. The quantitative estimate of drug-likeness (QED) is 0.829. The topological polar surface area (TPSA) is 34.4 Å². The van der Waals surface area contributed by atoms with E-state index in [1.807, 2.05) is 11.8 Å². The monoisotopic (exact) mass is 241 g/mol. The van der Waals surface area contributed by atoms with Crippen LogP contribution in [-0.2, 0) is 17.0 Å². The molecule has 2 heterocycles. The smallest absolute Gasteiger partial charge is 0.118 e. The van der Waals surface area contributed by atoms with Gasteiger partial charge in [0.25, 0.3) is 0 Å². The van der Waals surface area contributed by atoms with Crippen molar-refractivity contribution in [1.29, 1.82) is 0 Å². The minimum Gasteiger partial charge on any atom is -0.464 e. The zero-order chi connectivity index (χ0) is 11.4. The number of hydrogen-bond acceptors (Lipinski definition) is 4. The second-order valence-corrected chi connectivity index (χ2v) is 5.66. The van der Waals surface area contributed by atoms with Crippen LogP contribution < -0.4 is 5.32 Å². The fourth-order valence-corrected chi connectivity index (χ4v) is 2.35. The van der Waals surface area contributed by atoms with E-state index in [2.05, 4.69) is 31.3 Å². The highest BCUT2D eigenvalue weighted by Gasteiger charge is 2.19. The number of hydrogen-bond donors (Lipinski definition) is 1. The van der Waals surface area contributed by atoms with Crippen molar-refractivity contribution < 1.29 is 9.15 Å². The second kappa shape index (κ2) is 5.75. The van der Waals surface area contributed by atoms with E-state index >= 15 is 0 Å². The van der Waals surface area contributed by atoms with Gasteiger partial charge in [-0.3, -0.25) is 0 Å².